The third kappa shape index (κ3) is 3.05. The van der Waals surface area contributed by atoms with Gasteiger partial charge in [0, 0.05) is 5.56 Å². The monoisotopic (exact) mass is 339 g/mol. The lowest BCUT2D eigenvalue weighted by molar-refractivity contribution is -0.110. The van der Waals surface area contributed by atoms with Gasteiger partial charge in [0.15, 0.2) is 5.71 Å². The number of rotatable bonds is 3. The molecule has 0 radical (unpaired) electrons. The van der Waals surface area contributed by atoms with E-state index < -0.39 is 0 Å². The number of hydrogen-bond acceptors (Lipinski definition) is 3. The zero-order valence-corrected chi connectivity index (χ0v) is 14.3. The van der Waals surface area contributed by atoms with Crippen LogP contribution >= 0.6 is 0 Å². The summed E-state index contributed by atoms with van der Waals surface area (Å²) in [7, 11) is 0. The van der Waals surface area contributed by atoms with Gasteiger partial charge in [0.25, 0.3) is 5.91 Å². The molecule has 0 fully saturated rings. The van der Waals surface area contributed by atoms with E-state index in [1.807, 2.05) is 61.5 Å². The Balaban J connectivity index is 1.60. The van der Waals surface area contributed by atoms with Crippen LogP contribution in [0.5, 0.6) is 0 Å². The van der Waals surface area contributed by atoms with E-state index in [4.69, 9.17) is 0 Å². The normalized spacial score (nSPS) is 15.0. The number of amides is 1. The van der Waals surface area contributed by atoms with Gasteiger partial charge in [-0.25, -0.2) is 0 Å². The minimum absolute atomic E-state index is 0.220. The molecule has 26 heavy (non-hydrogen) atoms. The molecule has 126 valence electrons. The number of hydrogen-bond donors (Lipinski definition) is 1. The molecule has 3 aromatic rings. The van der Waals surface area contributed by atoms with Gasteiger partial charge < -0.3 is 5.32 Å². The highest BCUT2D eigenvalue weighted by atomic mass is 16.2. The van der Waals surface area contributed by atoms with Crippen molar-refractivity contribution in [3.05, 3.63) is 90.0 Å². The fourth-order valence-electron chi connectivity index (χ4n) is 2.92. The van der Waals surface area contributed by atoms with Crippen LogP contribution in [-0.4, -0.2) is 17.3 Å². The first-order valence-corrected chi connectivity index (χ1v) is 8.41. The maximum Gasteiger partial charge on any atom is 0.276 e. The summed E-state index contributed by atoms with van der Waals surface area (Å²) in [6.45, 7) is 1.89. The van der Waals surface area contributed by atoms with Gasteiger partial charge in [-0.05, 0) is 29.7 Å². The highest BCUT2D eigenvalue weighted by molar-refractivity contribution is 6.53. The van der Waals surface area contributed by atoms with E-state index in [1.165, 1.54) is 5.56 Å². The number of nitrogens with one attached hydrogen (secondary N) is 1. The molecular weight excluding hydrogens is 322 g/mol. The van der Waals surface area contributed by atoms with Crippen molar-refractivity contribution in [3.8, 4) is 11.1 Å². The van der Waals surface area contributed by atoms with Crippen LogP contribution in [0.1, 0.15) is 18.1 Å². The molecule has 1 aliphatic heterocycles. The molecule has 0 saturated carbocycles. The van der Waals surface area contributed by atoms with Crippen molar-refractivity contribution in [1.82, 2.24) is 0 Å². The lowest BCUT2D eigenvalue weighted by atomic mass is 10.0. The van der Waals surface area contributed by atoms with Crippen molar-refractivity contribution < 1.29 is 4.79 Å². The number of anilines is 1. The van der Waals surface area contributed by atoms with E-state index in [-0.39, 0.29) is 5.91 Å². The molecule has 0 spiro atoms. The molecule has 0 unspecified atom stereocenters. The van der Waals surface area contributed by atoms with Gasteiger partial charge in [0.2, 0.25) is 0 Å². The van der Waals surface area contributed by atoms with Crippen molar-refractivity contribution in [2.75, 3.05) is 5.32 Å². The van der Waals surface area contributed by atoms with Crippen LogP contribution in [0, 0.1) is 0 Å². The van der Waals surface area contributed by atoms with Crippen LogP contribution < -0.4 is 5.32 Å². The minimum atomic E-state index is -0.220. The molecule has 0 atom stereocenters. The summed E-state index contributed by atoms with van der Waals surface area (Å²) in [5.41, 5.74) is 5.96. The molecule has 0 saturated heterocycles. The van der Waals surface area contributed by atoms with E-state index in [1.54, 1.807) is 0 Å². The summed E-state index contributed by atoms with van der Waals surface area (Å²) >= 11 is 0. The number of fused-ring (bicyclic) bond motifs is 1. The van der Waals surface area contributed by atoms with Gasteiger partial charge in [-0.3, -0.25) is 4.79 Å². The largest absolute Gasteiger partial charge is 0.320 e. The molecule has 0 bridgehead atoms. The van der Waals surface area contributed by atoms with E-state index in [0.29, 0.717) is 5.71 Å². The van der Waals surface area contributed by atoms with Gasteiger partial charge in [0.05, 0.1) is 11.4 Å². The summed E-state index contributed by atoms with van der Waals surface area (Å²) in [6.07, 6.45) is 0. The van der Waals surface area contributed by atoms with Crippen molar-refractivity contribution in [3.63, 3.8) is 0 Å². The Labute approximate surface area is 151 Å². The Morgan fingerprint density at radius 3 is 2.23 bits per heavy atom. The summed E-state index contributed by atoms with van der Waals surface area (Å²) in [4.78, 5) is 12.1. The summed E-state index contributed by atoms with van der Waals surface area (Å²) < 4.78 is 0. The smallest absolute Gasteiger partial charge is 0.276 e. The molecule has 3 aromatic carbocycles. The maximum absolute atomic E-state index is 12.1. The molecule has 4 heteroatoms. The van der Waals surface area contributed by atoms with Crippen molar-refractivity contribution in [2.24, 2.45) is 10.2 Å². The second-order valence-corrected chi connectivity index (χ2v) is 6.08. The summed E-state index contributed by atoms with van der Waals surface area (Å²) in [5, 5.41) is 11.3. The van der Waals surface area contributed by atoms with Crippen molar-refractivity contribution >= 4 is 23.0 Å². The summed E-state index contributed by atoms with van der Waals surface area (Å²) in [6, 6.07) is 25.9. The predicted octanol–water partition coefficient (Wildman–Crippen LogP) is 4.52. The minimum Gasteiger partial charge on any atom is -0.320 e. The Kier molecular flexibility index (Phi) is 4.15. The van der Waals surface area contributed by atoms with E-state index in [9.17, 15) is 4.79 Å². The van der Waals surface area contributed by atoms with Crippen LogP contribution in [0.2, 0.25) is 0 Å². The molecular formula is C22H17N3O. The lowest BCUT2D eigenvalue weighted by Crippen LogP contribution is -2.14. The molecule has 1 heterocycles. The van der Waals surface area contributed by atoms with Gasteiger partial charge in [0.1, 0.15) is 0 Å². The molecule has 1 N–H and O–H groups in total. The van der Waals surface area contributed by atoms with Gasteiger partial charge >= 0.3 is 0 Å². The Morgan fingerprint density at radius 2 is 1.46 bits per heavy atom. The number of benzene rings is 3. The highest BCUT2D eigenvalue weighted by Crippen LogP contribution is 2.23. The van der Waals surface area contributed by atoms with Crippen LogP contribution in [0.25, 0.3) is 11.1 Å². The first-order chi connectivity index (χ1) is 12.7. The molecule has 0 aliphatic carbocycles. The van der Waals surface area contributed by atoms with E-state index in [2.05, 4.69) is 39.8 Å². The first-order valence-electron chi connectivity index (χ1n) is 8.41. The molecule has 1 aliphatic rings. The maximum atomic E-state index is 12.1. The van der Waals surface area contributed by atoms with E-state index in [0.717, 1.165) is 28.1 Å². The molecule has 4 nitrogen and oxygen atoms in total. The fraction of sp³-hybridized carbons (Fsp3) is 0.0455. The Hall–Kier alpha value is -3.53. The average Bonchev–Trinajstić information content (AvgIpc) is 3.02. The number of para-hydroxylation sites is 1. The number of carbonyl (C=O) groups excluding carboxylic acids is 1. The average molecular weight is 339 g/mol. The van der Waals surface area contributed by atoms with Gasteiger partial charge in [-0.2, -0.15) is 5.10 Å². The van der Waals surface area contributed by atoms with Crippen molar-refractivity contribution in [1.29, 1.82) is 0 Å². The van der Waals surface area contributed by atoms with Crippen molar-refractivity contribution in [2.45, 2.75) is 6.92 Å². The second kappa shape index (κ2) is 6.76. The second-order valence-electron chi connectivity index (χ2n) is 6.08. The lowest BCUT2D eigenvalue weighted by Gasteiger charge is -2.03. The van der Waals surface area contributed by atoms with Gasteiger partial charge in [-0.15, -0.1) is 5.10 Å². The SMILES string of the molecule is C/C(=N\N=C1\C(=O)Nc2ccccc21)c1ccc(-c2ccccc2)cc1. The Bertz CT molecular complexity index is 1020. The number of carbonyl (C=O) groups is 1. The zero-order valence-electron chi connectivity index (χ0n) is 14.3. The third-order valence-corrected chi connectivity index (χ3v) is 4.36. The number of nitrogens with zero attached hydrogens (tertiary/aromatic N) is 2. The molecule has 1 amide bonds. The summed E-state index contributed by atoms with van der Waals surface area (Å²) in [5.74, 6) is -0.220. The fourth-order valence-corrected chi connectivity index (χ4v) is 2.92. The quantitative estimate of drug-likeness (QED) is 0.553. The van der Waals surface area contributed by atoms with Crippen LogP contribution in [0.3, 0.4) is 0 Å². The standard InChI is InChI=1S/C22H17N3O/c1-15(16-11-13-18(14-12-16)17-7-3-2-4-8-17)24-25-21-19-9-5-6-10-20(19)23-22(21)26/h2-14H,1H3,(H,23,25,26)/b24-15+. The molecule has 4 rings (SSSR count). The first kappa shape index (κ1) is 16.0. The van der Waals surface area contributed by atoms with Crippen LogP contribution in [0.4, 0.5) is 5.69 Å². The zero-order chi connectivity index (χ0) is 17.9. The topological polar surface area (TPSA) is 53.8 Å². The third-order valence-electron chi connectivity index (χ3n) is 4.36. The predicted molar refractivity (Wildman–Crippen MR) is 106 cm³/mol. The van der Waals surface area contributed by atoms with Crippen LogP contribution in [0.15, 0.2) is 89.1 Å². The van der Waals surface area contributed by atoms with E-state index >= 15 is 0 Å². The van der Waals surface area contributed by atoms with Gasteiger partial charge in [-0.1, -0.05) is 72.8 Å². The highest BCUT2D eigenvalue weighted by Gasteiger charge is 2.25. The van der Waals surface area contributed by atoms with Crippen LogP contribution in [-0.2, 0) is 4.79 Å². The molecule has 0 aromatic heterocycles. The Morgan fingerprint density at radius 1 is 0.808 bits per heavy atom.